The molecule has 1 heterocycles. The van der Waals surface area contributed by atoms with Crippen LogP contribution in [-0.2, 0) is 4.79 Å². The maximum atomic E-state index is 12.0. The van der Waals surface area contributed by atoms with Crippen molar-refractivity contribution in [3.63, 3.8) is 0 Å². The highest BCUT2D eigenvalue weighted by Crippen LogP contribution is 2.14. The van der Waals surface area contributed by atoms with Gasteiger partial charge >= 0.3 is 0 Å². The molecule has 0 spiro atoms. The van der Waals surface area contributed by atoms with E-state index in [1.54, 1.807) is 6.92 Å². The lowest BCUT2D eigenvalue weighted by Gasteiger charge is -2.23. The molecule has 1 amide bonds. The summed E-state index contributed by atoms with van der Waals surface area (Å²) in [6.45, 7) is 6.61. The van der Waals surface area contributed by atoms with Gasteiger partial charge in [0.2, 0.25) is 0 Å². The molecule has 4 heteroatoms. The Bertz CT molecular complexity index is 442. The van der Waals surface area contributed by atoms with E-state index in [1.807, 2.05) is 31.2 Å². The zero-order valence-corrected chi connectivity index (χ0v) is 12.3. The summed E-state index contributed by atoms with van der Waals surface area (Å²) in [7, 11) is 0. The molecular weight excluding hydrogens is 252 g/mol. The van der Waals surface area contributed by atoms with E-state index < -0.39 is 6.10 Å². The van der Waals surface area contributed by atoms with E-state index in [4.69, 9.17) is 4.74 Å². The molecule has 1 aromatic rings. The fourth-order valence-corrected chi connectivity index (χ4v) is 2.43. The van der Waals surface area contributed by atoms with E-state index in [-0.39, 0.29) is 5.91 Å². The summed E-state index contributed by atoms with van der Waals surface area (Å²) in [6, 6.07) is 7.76. The third-order valence-electron chi connectivity index (χ3n) is 3.64. The van der Waals surface area contributed by atoms with Crippen molar-refractivity contribution in [2.75, 3.05) is 19.6 Å². The Morgan fingerprint density at radius 1 is 1.55 bits per heavy atom. The summed E-state index contributed by atoms with van der Waals surface area (Å²) >= 11 is 0. The van der Waals surface area contributed by atoms with Crippen LogP contribution in [0, 0.1) is 12.8 Å². The molecule has 0 radical (unpaired) electrons. The van der Waals surface area contributed by atoms with Crippen molar-refractivity contribution in [2.45, 2.75) is 32.8 Å². The minimum atomic E-state index is -0.464. The average molecular weight is 276 g/mol. The highest BCUT2D eigenvalue weighted by atomic mass is 16.5. The number of nitrogens with one attached hydrogen (secondary N) is 2. The standard InChI is InChI=1S/C16H24N2O2/c1-12-5-3-7-15(9-12)20-13(2)16(19)18-11-14-6-4-8-17-10-14/h3,5,7,9,13-14,17H,4,6,8,10-11H2,1-2H3,(H,18,19). The van der Waals surface area contributed by atoms with Crippen LogP contribution >= 0.6 is 0 Å². The molecule has 1 aliphatic heterocycles. The second kappa shape index (κ2) is 7.29. The number of amides is 1. The molecule has 2 unspecified atom stereocenters. The van der Waals surface area contributed by atoms with Gasteiger partial charge in [0.25, 0.3) is 5.91 Å². The fraction of sp³-hybridized carbons (Fsp3) is 0.562. The highest BCUT2D eigenvalue weighted by molar-refractivity contribution is 5.80. The third-order valence-corrected chi connectivity index (χ3v) is 3.64. The van der Waals surface area contributed by atoms with Gasteiger partial charge in [0.05, 0.1) is 0 Å². The average Bonchev–Trinajstić information content (AvgIpc) is 2.46. The zero-order chi connectivity index (χ0) is 14.4. The first-order valence-corrected chi connectivity index (χ1v) is 7.37. The lowest BCUT2D eigenvalue weighted by atomic mass is 10.00. The third kappa shape index (κ3) is 4.53. The molecule has 0 aliphatic carbocycles. The molecule has 20 heavy (non-hydrogen) atoms. The summed E-state index contributed by atoms with van der Waals surface area (Å²) < 4.78 is 5.67. The SMILES string of the molecule is Cc1cccc(OC(C)C(=O)NCC2CCCNC2)c1. The number of hydrogen-bond donors (Lipinski definition) is 2. The van der Waals surface area contributed by atoms with Crippen LogP contribution in [0.1, 0.15) is 25.3 Å². The van der Waals surface area contributed by atoms with E-state index in [0.717, 1.165) is 30.9 Å². The van der Waals surface area contributed by atoms with Crippen LogP contribution in [0.25, 0.3) is 0 Å². The Morgan fingerprint density at radius 3 is 3.10 bits per heavy atom. The lowest BCUT2D eigenvalue weighted by Crippen LogP contribution is -2.42. The van der Waals surface area contributed by atoms with Gasteiger partial charge in [-0.05, 0) is 63.4 Å². The second-order valence-corrected chi connectivity index (χ2v) is 5.53. The maximum Gasteiger partial charge on any atom is 0.260 e. The number of ether oxygens (including phenoxy) is 1. The number of benzene rings is 1. The first-order valence-electron chi connectivity index (χ1n) is 7.37. The molecule has 2 rings (SSSR count). The Labute approximate surface area is 120 Å². The van der Waals surface area contributed by atoms with Gasteiger partial charge < -0.3 is 15.4 Å². The van der Waals surface area contributed by atoms with Gasteiger partial charge in [0, 0.05) is 6.54 Å². The van der Waals surface area contributed by atoms with Crippen LogP contribution in [0.2, 0.25) is 0 Å². The largest absolute Gasteiger partial charge is 0.481 e. The van der Waals surface area contributed by atoms with Gasteiger partial charge in [-0.2, -0.15) is 0 Å². The molecular formula is C16H24N2O2. The fourth-order valence-electron chi connectivity index (χ4n) is 2.43. The van der Waals surface area contributed by atoms with Crippen LogP contribution in [0.15, 0.2) is 24.3 Å². The molecule has 1 saturated heterocycles. The second-order valence-electron chi connectivity index (χ2n) is 5.53. The molecule has 1 aliphatic rings. The van der Waals surface area contributed by atoms with Gasteiger partial charge in [-0.3, -0.25) is 4.79 Å². The van der Waals surface area contributed by atoms with Gasteiger partial charge in [0.15, 0.2) is 6.10 Å². The predicted octanol–water partition coefficient (Wildman–Crippen LogP) is 1.88. The van der Waals surface area contributed by atoms with Crippen molar-refractivity contribution >= 4 is 5.91 Å². The minimum Gasteiger partial charge on any atom is -0.481 e. The monoisotopic (exact) mass is 276 g/mol. The van der Waals surface area contributed by atoms with Gasteiger partial charge in [-0.25, -0.2) is 0 Å². The van der Waals surface area contributed by atoms with E-state index in [9.17, 15) is 4.79 Å². The molecule has 0 saturated carbocycles. The molecule has 4 nitrogen and oxygen atoms in total. The Kier molecular flexibility index (Phi) is 5.41. The Morgan fingerprint density at radius 2 is 2.40 bits per heavy atom. The maximum absolute atomic E-state index is 12.0. The van der Waals surface area contributed by atoms with Crippen LogP contribution in [0.3, 0.4) is 0 Å². The molecule has 0 bridgehead atoms. The molecule has 0 aromatic heterocycles. The van der Waals surface area contributed by atoms with Crippen LogP contribution in [0.5, 0.6) is 5.75 Å². The smallest absolute Gasteiger partial charge is 0.260 e. The predicted molar refractivity (Wildman–Crippen MR) is 79.9 cm³/mol. The quantitative estimate of drug-likeness (QED) is 0.863. The van der Waals surface area contributed by atoms with Crippen molar-refractivity contribution in [1.82, 2.24) is 10.6 Å². The number of carbonyl (C=O) groups excluding carboxylic acids is 1. The normalized spacial score (nSPS) is 20.2. The lowest BCUT2D eigenvalue weighted by molar-refractivity contribution is -0.127. The summed E-state index contributed by atoms with van der Waals surface area (Å²) in [4.78, 5) is 12.0. The number of carbonyl (C=O) groups is 1. The summed E-state index contributed by atoms with van der Waals surface area (Å²) in [5.41, 5.74) is 1.13. The number of aryl methyl sites for hydroxylation is 1. The highest BCUT2D eigenvalue weighted by Gasteiger charge is 2.18. The van der Waals surface area contributed by atoms with Crippen molar-refractivity contribution in [3.8, 4) is 5.75 Å². The van der Waals surface area contributed by atoms with Crippen molar-refractivity contribution < 1.29 is 9.53 Å². The molecule has 2 atom stereocenters. The molecule has 1 aromatic carbocycles. The summed E-state index contributed by atoms with van der Waals surface area (Å²) in [5, 5.41) is 6.33. The molecule has 1 fully saturated rings. The molecule has 2 N–H and O–H groups in total. The van der Waals surface area contributed by atoms with Crippen molar-refractivity contribution in [1.29, 1.82) is 0 Å². The first-order chi connectivity index (χ1) is 9.65. The zero-order valence-electron chi connectivity index (χ0n) is 12.3. The molecule has 110 valence electrons. The summed E-state index contributed by atoms with van der Waals surface area (Å²) in [6.07, 6.45) is 1.91. The number of hydrogen-bond acceptors (Lipinski definition) is 3. The van der Waals surface area contributed by atoms with E-state index >= 15 is 0 Å². The van der Waals surface area contributed by atoms with Crippen LogP contribution < -0.4 is 15.4 Å². The van der Waals surface area contributed by atoms with Crippen molar-refractivity contribution in [2.24, 2.45) is 5.92 Å². The minimum absolute atomic E-state index is 0.0444. The van der Waals surface area contributed by atoms with E-state index in [2.05, 4.69) is 10.6 Å². The van der Waals surface area contributed by atoms with Crippen LogP contribution in [0.4, 0.5) is 0 Å². The number of piperidine rings is 1. The Hall–Kier alpha value is -1.55. The van der Waals surface area contributed by atoms with Gasteiger partial charge in [0.1, 0.15) is 5.75 Å². The van der Waals surface area contributed by atoms with Crippen LogP contribution in [-0.4, -0.2) is 31.6 Å². The number of rotatable bonds is 5. The van der Waals surface area contributed by atoms with Crippen molar-refractivity contribution in [3.05, 3.63) is 29.8 Å². The van der Waals surface area contributed by atoms with E-state index in [1.165, 1.54) is 12.8 Å². The van der Waals surface area contributed by atoms with E-state index in [0.29, 0.717) is 5.92 Å². The van der Waals surface area contributed by atoms with Gasteiger partial charge in [-0.1, -0.05) is 12.1 Å². The summed E-state index contributed by atoms with van der Waals surface area (Å²) in [5.74, 6) is 1.24. The van der Waals surface area contributed by atoms with Gasteiger partial charge in [-0.15, -0.1) is 0 Å². The topological polar surface area (TPSA) is 50.4 Å². The first kappa shape index (κ1) is 14.9. The Balaban J connectivity index is 1.76.